The summed E-state index contributed by atoms with van der Waals surface area (Å²) >= 11 is 7.60. The number of carbonyl (C=O) groups excluding carboxylic acids is 1. The second-order valence-corrected chi connectivity index (χ2v) is 10.4. The Morgan fingerprint density at radius 3 is 2.64 bits per heavy atom. The molecular formula is C30H29ClN2O5S. The minimum absolute atomic E-state index is 0.214. The molecule has 39 heavy (non-hydrogen) atoms. The Labute approximate surface area is 236 Å². The number of aromatic nitrogens is 1. The van der Waals surface area contributed by atoms with E-state index in [1.165, 1.54) is 11.8 Å². The van der Waals surface area contributed by atoms with Gasteiger partial charge >= 0.3 is 5.97 Å². The van der Waals surface area contributed by atoms with E-state index in [-0.39, 0.29) is 13.2 Å². The minimum Gasteiger partial charge on any atom is -0.480 e. The molecule has 1 aromatic heterocycles. The average Bonchev–Trinajstić information content (AvgIpc) is 3.40. The van der Waals surface area contributed by atoms with Crippen molar-refractivity contribution in [1.29, 1.82) is 0 Å². The highest BCUT2D eigenvalue weighted by Gasteiger charge is 2.23. The molecule has 1 atom stereocenters. The molecule has 202 valence electrons. The van der Waals surface area contributed by atoms with E-state index >= 15 is 0 Å². The fourth-order valence-electron chi connectivity index (χ4n) is 4.10. The van der Waals surface area contributed by atoms with E-state index in [0.717, 1.165) is 22.3 Å². The first-order valence-corrected chi connectivity index (χ1v) is 14.1. The van der Waals surface area contributed by atoms with E-state index in [9.17, 15) is 14.7 Å². The summed E-state index contributed by atoms with van der Waals surface area (Å²) in [6, 6.07) is 19.5. The van der Waals surface area contributed by atoms with Crippen LogP contribution in [0.25, 0.3) is 22.6 Å². The van der Waals surface area contributed by atoms with Crippen LogP contribution in [0.1, 0.15) is 33.7 Å². The monoisotopic (exact) mass is 564 g/mol. The summed E-state index contributed by atoms with van der Waals surface area (Å²) in [6.07, 6.45) is 3.87. The molecule has 0 radical (unpaired) electrons. The Balaban J connectivity index is 1.51. The van der Waals surface area contributed by atoms with Gasteiger partial charge in [-0.3, -0.25) is 4.79 Å². The number of carboxylic acids is 1. The van der Waals surface area contributed by atoms with Gasteiger partial charge in [-0.25, -0.2) is 9.78 Å². The van der Waals surface area contributed by atoms with Crippen LogP contribution in [0.5, 0.6) is 0 Å². The standard InChI is InChI=1S/C30H29ClN2O5S/c1-19-6-3-4-9-24(19)26-14-20(10-11-25(26)28(34)33-27(30(35)36)12-13-39-2)17-37-18-23-16-32-29(38-23)21-7-5-8-22(31)15-21/h3-11,14-16,27H,12-13,17-18H2,1-2H3,(H,33,34)(H,35,36)/t27-/m0/s1. The van der Waals surface area contributed by atoms with E-state index in [2.05, 4.69) is 10.3 Å². The second-order valence-electron chi connectivity index (χ2n) is 8.98. The quantitative estimate of drug-likeness (QED) is 0.199. The summed E-state index contributed by atoms with van der Waals surface area (Å²) in [5.74, 6) is 0.190. The number of oxazole rings is 1. The number of nitrogens with zero attached hydrogens (tertiary/aromatic N) is 1. The molecule has 7 nitrogen and oxygen atoms in total. The van der Waals surface area contributed by atoms with Crippen molar-refractivity contribution in [3.8, 4) is 22.6 Å². The average molecular weight is 565 g/mol. The van der Waals surface area contributed by atoms with E-state index in [1.54, 1.807) is 24.4 Å². The lowest BCUT2D eigenvalue weighted by molar-refractivity contribution is -0.139. The maximum Gasteiger partial charge on any atom is 0.326 e. The minimum atomic E-state index is -1.05. The molecule has 4 aromatic rings. The summed E-state index contributed by atoms with van der Waals surface area (Å²) in [5, 5.41) is 12.9. The first-order valence-electron chi connectivity index (χ1n) is 12.4. The first kappa shape index (κ1) is 28.4. The van der Waals surface area contributed by atoms with E-state index in [1.807, 2.05) is 61.7 Å². The summed E-state index contributed by atoms with van der Waals surface area (Å²) in [7, 11) is 0. The Morgan fingerprint density at radius 1 is 1.08 bits per heavy atom. The number of benzene rings is 3. The van der Waals surface area contributed by atoms with Crippen molar-refractivity contribution >= 4 is 35.2 Å². The highest BCUT2D eigenvalue weighted by atomic mass is 35.5. The zero-order valence-electron chi connectivity index (χ0n) is 21.6. The number of amides is 1. The number of carboxylic acid groups (broad SMARTS) is 1. The number of aliphatic carboxylic acids is 1. The maximum atomic E-state index is 13.2. The summed E-state index contributed by atoms with van der Waals surface area (Å²) in [6.45, 7) is 2.46. The predicted octanol–water partition coefficient (Wildman–Crippen LogP) is 6.62. The second kappa shape index (κ2) is 13.5. The molecule has 0 spiro atoms. The van der Waals surface area contributed by atoms with Crippen molar-refractivity contribution in [2.24, 2.45) is 0 Å². The fraction of sp³-hybridized carbons (Fsp3) is 0.233. The zero-order chi connectivity index (χ0) is 27.8. The lowest BCUT2D eigenvalue weighted by atomic mass is 9.93. The molecule has 0 aliphatic carbocycles. The van der Waals surface area contributed by atoms with E-state index in [4.69, 9.17) is 20.8 Å². The van der Waals surface area contributed by atoms with Crippen molar-refractivity contribution < 1.29 is 23.8 Å². The number of aryl methyl sites for hydroxylation is 1. The van der Waals surface area contributed by atoms with Crippen molar-refractivity contribution in [1.82, 2.24) is 10.3 Å². The molecule has 0 fully saturated rings. The number of halogens is 1. The van der Waals surface area contributed by atoms with Crippen LogP contribution in [-0.2, 0) is 22.7 Å². The van der Waals surface area contributed by atoms with Gasteiger partial charge in [0.1, 0.15) is 12.6 Å². The van der Waals surface area contributed by atoms with Crippen molar-refractivity contribution in [2.45, 2.75) is 32.6 Å². The number of ether oxygens (including phenoxy) is 1. The van der Waals surface area contributed by atoms with Crippen molar-refractivity contribution in [3.63, 3.8) is 0 Å². The Kier molecular flexibility index (Phi) is 9.81. The third-order valence-corrected chi connectivity index (χ3v) is 7.00. The van der Waals surface area contributed by atoms with Crippen LogP contribution in [-0.4, -0.2) is 40.0 Å². The lowest BCUT2D eigenvalue weighted by Gasteiger charge is -2.17. The van der Waals surface area contributed by atoms with Crippen molar-refractivity contribution in [3.05, 3.63) is 100 Å². The molecule has 2 N–H and O–H groups in total. The predicted molar refractivity (Wildman–Crippen MR) is 154 cm³/mol. The van der Waals surface area contributed by atoms with Crippen LogP contribution in [0.2, 0.25) is 5.02 Å². The molecule has 0 bridgehead atoms. The number of carbonyl (C=O) groups is 2. The van der Waals surface area contributed by atoms with Crippen LogP contribution in [0.3, 0.4) is 0 Å². The van der Waals surface area contributed by atoms with Gasteiger partial charge < -0.3 is 19.6 Å². The molecule has 0 saturated carbocycles. The summed E-state index contributed by atoms with van der Waals surface area (Å²) in [4.78, 5) is 29.3. The Hall–Kier alpha value is -3.59. The van der Waals surface area contributed by atoms with Crippen LogP contribution in [0.15, 0.2) is 77.3 Å². The Bertz CT molecular complexity index is 1450. The first-order chi connectivity index (χ1) is 18.9. The van der Waals surface area contributed by atoms with Gasteiger partial charge in [0.05, 0.1) is 12.8 Å². The highest BCUT2D eigenvalue weighted by Crippen LogP contribution is 2.29. The maximum absolute atomic E-state index is 13.2. The number of thioether (sulfide) groups is 1. The molecule has 4 rings (SSSR count). The van der Waals surface area contributed by atoms with Crippen molar-refractivity contribution in [2.75, 3.05) is 12.0 Å². The van der Waals surface area contributed by atoms with Gasteiger partial charge in [0, 0.05) is 16.1 Å². The largest absolute Gasteiger partial charge is 0.480 e. The molecule has 3 aromatic carbocycles. The molecular weight excluding hydrogens is 536 g/mol. The highest BCUT2D eigenvalue weighted by molar-refractivity contribution is 7.98. The number of nitrogens with one attached hydrogen (secondary N) is 1. The Morgan fingerprint density at radius 2 is 1.90 bits per heavy atom. The number of hydrogen-bond acceptors (Lipinski definition) is 6. The number of rotatable bonds is 12. The van der Waals surface area contributed by atoms with Gasteiger partial charge in [-0.1, -0.05) is 48.0 Å². The summed E-state index contributed by atoms with van der Waals surface area (Å²) < 4.78 is 11.7. The van der Waals surface area contributed by atoms with Gasteiger partial charge in [-0.15, -0.1) is 0 Å². The molecule has 0 aliphatic heterocycles. The fourth-order valence-corrected chi connectivity index (χ4v) is 4.77. The van der Waals surface area contributed by atoms with Crippen LogP contribution in [0, 0.1) is 6.92 Å². The third-order valence-electron chi connectivity index (χ3n) is 6.12. The number of hydrogen-bond donors (Lipinski definition) is 2. The molecule has 1 heterocycles. The normalized spacial score (nSPS) is 11.8. The lowest BCUT2D eigenvalue weighted by Crippen LogP contribution is -2.41. The van der Waals surface area contributed by atoms with Crippen LogP contribution >= 0.6 is 23.4 Å². The van der Waals surface area contributed by atoms with Gasteiger partial charge in [0.25, 0.3) is 5.91 Å². The molecule has 9 heteroatoms. The van der Waals surface area contributed by atoms with E-state index < -0.39 is 17.9 Å². The molecule has 0 aliphatic rings. The summed E-state index contributed by atoms with van der Waals surface area (Å²) in [5.41, 5.74) is 4.65. The molecule has 0 saturated heterocycles. The topological polar surface area (TPSA) is 102 Å². The van der Waals surface area contributed by atoms with E-state index in [0.29, 0.717) is 40.0 Å². The van der Waals surface area contributed by atoms with Gasteiger partial charge in [-0.05, 0) is 77.9 Å². The van der Waals surface area contributed by atoms with Gasteiger partial charge in [0.15, 0.2) is 5.76 Å². The van der Waals surface area contributed by atoms with Gasteiger partial charge in [0.2, 0.25) is 5.89 Å². The van der Waals surface area contributed by atoms with Gasteiger partial charge in [-0.2, -0.15) is 11.8 Å². The van der Waals surface area contributed by atoms with Crippen LogP contribution < -0.4 is 5.32 Å². The SMILES string of the molecule is CSCC[C@H](NC(=O)c1ccc(COCc2cnc(-c3cccc(Cl)c3)o2)cc1-c1ccccc1C)C(=O)O. The third kappa shape index (κ3) is 7.50. The smallest absolute Gasteiger partial charge is 0.326 e. The van der Waals surface area contributed by atoms with Crippen LogP contribution in [0.4, 0.5) is 0 Å². The molecule has 1 amide bonds. The molecule has 0 unspecified atom stereocenters. The zero-order valence-corrected chi connectivity index (χ0v) is 23.2.